The van der Waals surface area contributed by atoms with Crippen molar-refractivity contribution in [1.82, 2.24) is 9.55 Å². The van der Waals surface area contributed by atoms with Crippen LogP contribution in [0.25, 0.3) is 11.1 Å². The zero-order valence-electron chi connectivity index (χ0n) is 19.2. The van der Waals surface area contributed by atoms with E-state index in [2.05, 4.69) is 110 Å². The lowest BCUT2D eigenvalue weighted by molar-refractivity contribution is 0.794. The topological polar surface area (TPSA) is 17.8 Å². The average Bonchev–Trinajstić information content (AvgIpc) is 3.22. The van der Waals surface area contributed by atoms with Crippen LogP contribution in [0.4, 0.5) is 0 Å². The van der Waals surface area contributed by atoms with Crippen LogP contribution in [0, 0.1) is 18.8 Å². The second-order valence-corrected chi connectivity index (χ2v) is 8.52. The summed E-state index contributed by atoms with van der Waals surface area (Å²) in [6.45, 7) is 10.6. The van der Waals surface area contributed by atoms with E-state index in [0.29, 0.717) is 0 Å². The number of hydrogen-bond acceptors (Lipinski definition) is 2. The van der Waals surface area contributed by atoms with E-state index in [1.165, 1.54) is 22.5 Å². The molecule has 0 aliphatic heterocycles. The van der Waals surface area contributed by atoms with Crippen LogP contribution in [0.2, 0.25) is 0 Å². The summed E-state index contributed by atoms with van der Waals surface area (Å²) in [5, 5.41) is 0. The van der Waals surface area contributed by atoms with Crippen LogP contribution in [0.5, 0.6) is 0 Å². The van der Waals surface area contributed by atoms with E-state index in [1.54, 1.807) is 0 Å². The van der Waals surface area contributed by atoms with Crippen molar-refractivity contribution in [3.8, 4) is 23.0 Å². The van der Waals surface area contributed by atoms with E-state index in [9.17, 15) is 0 Å². The third-order valence-electron chi connectivity index (χ3n) is 4.07. The largest absolute Gasteiger partial charge is 0.325 e. The predicted octanol–water partition coefficient (Wildman–Crippen LogP) is 7.11. The van der Waals surface area contributed by atoms with Gasteiger partial charge in [0.25, 0.3) is 0 Å². The van der Waals surface area contributed by atoms with Crippen molar-refractivity contribution in [1.29, 1.82) is 0 Å². The summed E-state index contributed by atoms with van der Waals surface area (Å²) in [7, 11) is 1.08. The molecular weight excluding hydrogens is 403 g/mol. The van der Waals surface area contributed by atoms with Crippen LogP contribution in [0.3, 0.4) is 0 Å². The molecule has 0 atom stereocenters. The van der Waals surface area contributed by atoms with Crippen LogP contribution < -0.4 is 0 Å². The van der Waals surface area contributed by atoms with Gasteiger partial charge in [0.05, 0.1) is 5.88 Å². The molecule has 1 heterocycles. The standard InChI is InChI=1S/C17H16.C7H12N2S.C2H7P/c1-3-4-5-15-8-12-17(13-9-15)16-10-6-14(2)7-11-16;1-3-7-8-4-5-9(7)6-10-2;1-3-2/h6-13H,3H2,1-2H3;4-5H,3,6H2,1-2H3;3H,1-2H3. The minimum absolute atomic E-state index is 0.902. The van der Waals surface area contributed by atoms with Gasteiger partial charge in [0.1, 0.15) is 5.82 Å². The molecule has 4 heteroatoms. The first-order valence-corrected chi connectivity index (χ1v) is 13.7. The van der Waals surface area contributed by atoms with E-state index >= 15 is 0 Å². The minimum Gasteiger partial charge on any atom is -0.325 e. The lowest BCUT2D eigenvalue weighted by Gasteiger charge is -2.02. The first-order chi connectivity index (χ1) is 14.6. The molecule has 30 heavy (non-hydrogen) atoms. The molecule has 0 spiro atoms. The maximum atomic E-state index is 4.20. The van der Waals surface area contributed by atoms with Gasteiger partial charge in [0, 0.05) is 30.8 Å². The summed E-state index contributed by atoms with van der Waals surface area (Å²) in [6.07, 6.45) is 7.90. The van der Waals surface area contributed by atoms with Crippen molar-refractivity contribution in [2.45, 2.75) is 39.5 Å². The fourth-order valence-corrected chi connectivity index (χ4v) is 3.11. The molecule has 160 valence electrons. The molecule has 0 aliphatic rings. The van der Waals surface area contributed by atoms with Crippen LogP contribution in [-0.4, -0.2) is 29.1 Å². The first kappa shape index (κ1) is 26.0. The molecule has 0 radical (unpaired) electrons. The summed E-state index contributed by atoms with van der Waals surface area (Å²) < 4.78 is 2.17. The van der Waals surface area contributed by atoms with Gasteiger partial charge in [-0.3, -0.25) is 0 Å². The Hall–Kier alpha value is -2.01. The molecule has 1 aromatic heterocycles. The van der Waals surface area contributed by atoms with E-state index < -0.39 is 0 Å². The molecule has 3 aromatic rings. The summed E-state index contributed by atoms with van der Waals surface area (Å²) in [5.41, 5.74) is 4.87. The van der Waals surface area contributed by atoms with Crippen molar-refractivity contribution in [3.63, 3.8) is 0 Å². The smallest absolute Gasteiger partial charge is 0.109 e. The Morgan fingerprint density at radius 1 is 0.967 bits per heavy atom. The average molecular weight is 439 g/mol. The zero-order chi connectivity index (χ0) is 22.2. The fraction of sp³-hybridized carbons (Fsp3) is 0.346. The third-order valence-corrected chi connectivity index (χ3v) is 4.60. The highest BCUT2D eigenvalue weighted by atomic mass is 32.2. The molecule has 0 N–H and O–H groups in total. The van der Waals surface area contributed by atoms with Gasteiger partial charge in [-0.25, -0.2) is 4.98 Å². The van der Waals surface area contributed by atoms with Crippen LogP contribution in [0.1, 0.15) is 37.2 Å². The summed E-state index contributed by atoms with van der Waals surface area (Å²) in [5.74, 6) is 8.41. The monoisotopic (exact) mass is 438 g/mol. The summed E-state index contributed by atoms with van der Waals surface area (Å²) in [6, 6.07) is 17.0. The van der Waals surface area contributed by atoms with Crippen molar-refractivity contribution < 1.29 is 0 Å². The highest BCUT2D eigenvalue weighted by Gasteiger charge is 1.97. The van der Waals surface area contributed by atoms with Crippen molar-refractivity contribution in [2.24, 2.45) is 0 Å². The molecule has 0 unspecified atom stereocenters. The number of aryl methyl sites for hydroxylation is 2. The predicted molar refractivity (Wildman–Crippen MR) is 139 cm³/mol. The second kappa shape index (κ2) is 15.8. The summed E-state index contributed by atoms with van der Waals surface area (Å²) >= 11 is 1.81. The maximum absolute atomic E-state index is 4.20. The molecule has 0 bridgehead atoms. The zero-order valence-corrected chi connectivity index (χ0v) is 21.0. The Morgan fingerprint density at radius 3 is 2.03 bits per heavy atom. The Balaban J connectivity index is 0.000000294. The van der Waals surface area contributed by atoms with Crippen LogP contribution in [0.15, 0.2) is 60.9 Å². The molecule has 0 amide bonds. The Labute approximate surface area is 189 Å². The highest BCUT2D eigenvalue weighted by Crippen LogP contribution is 2.20. The van der Waals surface area contributed by atoms with Crippen molar-refractivity contribution in [2.75, 3.05) is 19.6 Å². The van der Waals surface area contributed by atoms with Gasteiger partial charge in [-0.2, -0.15) is 0 Å². The number of rotatable bonds is 4. The number of benzene rings is 2. The molecule has 0 saturated carbocycles. The van der Waals surface area contributed by atoms with Crippen molar-refractivity contribution in [3.05, 3.63) is 77.9 Å². The second-order valence-electron chi connectivity index (χ2n) is 6.68. The van der Waals surface area contributed by atoms with Gasteiger partial charge in [0.15, 0.2) is 0 Å². The van der Waals surface area contributed by atoms with Gasteiger partial charge in [-0.15, -0.1) is 20.3 Å². The first-order valence-electron chi connectivity index (χ1n) is 10.3. The number of hydrogen-bond donors (Lipinski definition) is 0. The van der Waals surface area contributed by atoms with Crippen LogP contribution in [-0.2, 0) is 12.3 Å². The summed E-state index contributed by atoms with van der Waals surface area (Å²) in [4.78, 5) is 4.20. The van der Waals surface area contributed by atoms with Crippen molar-refractivity contribution >= 4 is 20.3 Å². The normalized spacial score (nSPS) is 9.40. The molecule has 0 fully saturated rings. The fourth-order valence-electron chi connectivity index (χ4n) is 2.59. The molecule has 3 rings (SSSR count). The number of thioether (sulfide) groups is 1. The van der Waals surface area contributed by atoms with Gasteiger partial charge >= 0.3 is 0 Å². The molecule has 0 aliphatic carbocycles. The number of nitrogens with zero attached hydrogens (tertiary/aromatic N) is 2. The van der Waals surface area contributed by atoms with Gasteiger partial charge in [-0.1, -0.05) is 67.6 Å². The van der Waals surface area contributed by atoms with E-state index in [-0.39, 0.29) is 0 Å². The number of imidazole rings is 1. The Bertz CT molecular complexity index is 887. The number of aromatic nitrogens is 2. The Morgan fingerprint density at radius 2 is 1.53 bits per heavy atom. The molecule has 0 saturated heterocycles. The molecular formula is C26H35N2PS. The lowest BCUT2D eigenvalue weighted by Crippen LogP contribution is -1.98. The van der Waals surface area contributed by atoms with E-state index in [0.717, 1.165) is 32.9 Å². The van der Waals surface area contributed by atoms with E-state index in [1.807, 2.05) is 24.2 Å². The minimum atomic E-state index is 0.902. The third kappa shape index (κ3) is 9.66. The highest BCUT2D eigenvalue weighted by molar-refractivity contribution is 7.97. The quantitative estimate of drug-likeness (QED) is 0.319. The Kier molecular flexibility index (Phi) is 13.7. The van der Waals surface area contributed by atoms with Gasteiger partial charge in [0.2, 0.25) is 0 Å². The van der Waals surface area contributed by atoms with E-state index in [4.69, 9.17) is 0 Å². The maximum Gasteiger partial charge on any atom is 0.109 e. The molecule has 2 aromatic carbocycles. The van der Waals surface area contributed by atoms with Gasteiger partial charge in [-0.05, 0) is 49.8 Å². The lowest BCUT2D eigenvalue weighted by atomic mass is 10.0. The van der Waals surface area contributed by atoms with Gasteiger partial charge < -0.3 is 4.57 Å². The molecule has 2 nitrogen and oxygen atoms in total. The van der Waals surface area contributed by atoms with Crippen LogP contribution >= 0.6 is 20.3 Å². The SMILES string of the molecule is CCC#Cc1ccc(-c2ccc(C)cc2)cc1.CCc1nccn1CSC.CPC.